The molecule has 1 rings (SSSR count). The van der Waals surface area contributed by atoms with Gasteiger partial charge >= 0.3 is 0 Å². The van der Waals surface area contributed by atoms with Crippen molar-refractivity contribution in [1.29, 1.82) is 0 Å². The lowest BCUT2D eigenvalue weighted by molar-refractivity contribution is -0.0724. The number of rotatable bonds is 3. The Morgan fingerprint density at radius 1 is 1.25 bits per heavy atom. The van der Waals surface area contributed by atoms with Gasteiger partial charge in [0.25, 0.3) is 0 Å². The molecule has 0 amide bonds. The van der Waals surface area contributed by atoms with E-state index in [-0.39, 0.29) is 6.29 Å². The van der Waals surface area contributed by atoms with Crippen LogP contribution in [-0.4, -0.2) is 20.5 Å². The molecule has 66 valence electrons. The SMILES string of the molecule is COC(OC)C1=CC=CCC=C1. The summed E-state index contributed by atoms with van der Waals surface area (Å²) in [6.45, 7) is 0. The van der Waals surface area contributed by atoms with E-state index in [0.717, 1.165) is 12.0 Å². The predicted molar refractivity (Wildman–Crippen MR) is 48.8 cm³/mol. The normalized spacial score (nSPS) is 16.4. The first-order chi connectivity index (χ1) is 5.88. The third-order valence-corrected chi connectivity index (χ3v) is 1.71. The zero-order chi connectivity index (χ0) is 8.81. The Kier molecular flexibility index (Phi) is 3.77. The first kappa shape index (κ1) is 9.23. The van der Waals surface area contributed by atoms with Crippen molar-refractivity contribution >= 4 is 0 Å². The highest BCUT2D eigenvalue weighted by Gasteiger charge is 2.08. The lowest BCUT2D eigenvalue weighted by Gasteiger charge is -2.13. The van der Waals surface area contributed by atoms with Crippen LogP contribution in [-0.2, 0) is 9.47 Å². The number of hydrogen-bond donors (Lipinski definition) is 0. The van der Waals surface area contributed by atoms with Gasteiger partial charge in [0, 0.05) is 19.8 Å². The summed E-state index contributed by atoms with van der Waals surface area (Å²) in [5.74, 6) is 0. The number of hydrogen-bond acceptors (Lipinski definition) is 2. The highest BCUT2D eigenvalue weighted by Crippen LogP contribution is 2.11. The van der Waals surface area contributed by atoms with Gasteiger partial charge in [-0.15, -0.1) is 0 Å². The van der Waals surface area contributed by atoms with Crippen LogP contribution in [0, 0.1) is 0 Å². The van der Waals surface area contributed by atoms with E-state index in [9.17, 15) is 0 Å². The van der Waals surface area contributed by atoms with E-state index in [0.29, 0.717) is 0 Å². The Hall–Kier alpha value is -0.860. The number of allylic oxidation sites excluding steroid dienone is 4. The molecule has 0 bridgehead atoms. The Labute approximate surface area is 73.2 Å². The Morgan fingerprint density at radius 3 is 2.67 bits per heavy atom. The summed E-state index contributed by atoms with van der Waals surface area (Å²) in [5.41, 5.74) is 1.05. The molecule has 0 saturated heterocycles. The average molecular weight is 166 g/mol. The Morgan fingerprint density at radius 2 is 2.00 bits per heavy atom. The van der Waals surface area contributed by atoms with Crippen LogP contribution in [0.25, 0.3) is 0 Å². The van der Waals surface area contributed by atoms with Gasteiger partial charge in [-0.25, -0.2) is 0 Å². The van der Waals surface area contributed by atoms with E-state index in [4.69, 9.17) is 9.47 Å². The molecule has 1 aliphatic rings. The Bertz CT molecular complexity index is 210. The van der Waals surface area contributed by atoms with Gasteiger partial charge in [-0.2, -0.15) is 0 Å². The van der Waals surface area contributed by atoms with Gasteiger partial charge in [-0.05, 0) is 6.42 Å². The highest BCUT2D eigenvalue weighted by molar-refractivity contribution is 5.29. The standard InChI is InChI=1S/C10H14O2/c1-11-10(12-2)9-7-5-3-4-6-8-9/h3,5-8,10H,4H2,1-2H3. The molecular weight excluding hydrogens is 152 g/mol. The molecule has 0 radical (unpaired) electrons. The number of ether oxygens (including phenoxy) is 2. The van der Waals surface area contributed by atoms with Crippen LogP contribution in [0.15, 0.2) is 36.0 Å². The highest BCUT2D eigenvalue weighted by atomic mass is 16.7. The molecule has 0 aromatic rings. The molecule has 2 heteroatoms. The quantitative estimate of drug-likeness (QED) is 0.597. The van der Waals surface area contributed by atoms with Crippen molar-refractivity contribution in [2.75, 3.05) is 14.2 Å². The van der Waals surface area contributed by atoms with Gasteiger partial charge in [0.2, 0.25) is 0 Å². The lowest BCUT2D eigenvalue weighted by atomic mass is 10.2. The molecular formula is C10H14O2. The minimum Gasteiger partial charge on any atom is -0.352 e. The summed E-state index contributed by atoms with van der Waals surface area (Å²) in [6, 6.07) is 0. The number of methoxy groups -OCH3 is 2. The van der Waals surface area contributed by atoms with Crippen molar-refractivity contribution in [3.05, 3.63) is 36.0 Å². The van der Waals surface area contributed by atoms with Crippen LogP contribution in [0.2, 0.25) is 0 Å². The predicted octanol–water partition coefficient (Wildman–Crippen LogP) is 2.05. The second-order valence-electron chi connectivity index (χ2n) is 2.54. The maximum Gasteiger partial charge on any atom is 0.183 e. The minimum atomic E-state index is -0.246. The van der Waals surface area contributed by atoms with Crippen LogP contribution >= 0.6 is 0 Å². The van der Waals surface area contributed by atoms with E-state index < -0.39 is 0 Å². The summed E-state index contributed by atoms with van der Waals surface area (Å²) in [4.78, 5) is 0. The maximum absolute atomic E-state index is 5.12. The third kappa shape index (κ3) is 2.32. The van der Waals surface area contributed by atoms with Gasteiger partial charge in [0.15, 0.2) is 6.29 Å². The van der Waals surface area contributed by atoms with Crippen molar-refractivity contribution in [3.63, 3.8) is 0 Å². The molecule has 0 aliphatic heterocycles. The van der Waals surface area contributed by atoms with Gasteiger partial charge < -0.3 is 9.47 Å². The fourth-order valence-corrected chi connectivity index (χ4v) is 1.12. The summed E-state index contributed by atoms with van der Waals surface area (Å²) >= 11 is 0. The van der Waals surface area contributed by atoms with E-state index >= 15 is 0 Å². The molecule has 0 aromatic carbocycles. The van der Waals surface area contributed by atoms with Gasteiger partial charge in [0.05, 0.1) is 0 Å². The van der Waals surface area contributed by atoms with Gasteiger partial charge in [-0.3, -0.25) is 0 Å². The van der Waals surface area contributed by atoms with Gasteiger partial charge in [-0.1, -0.05) is 30.4 Å². The second-order valence-corrected chi connectivity index (χ2v) is 2.54. The first-order valence-electron chi connectivity index (χ1n) is 3.97. The first-order valence-corrected chi connectivity index (χ1v) is 3.97. The van der Waals surface area contributed by atoms with Crippen LogP contribution in [0.3, 0.4) is 0 Å². The van der Waals surface area contributed by atoms with Crippen molar-refractivity contribution in [2.24, 2.45) is 0 Å². The Balaban J connectivity index is 2.70. The molecule has 0 fully saturated rings. The van der Waals surface area contributed by atoms with E-state index in [1.54, 1.807) is 14.2 Å². The maximum atomic E-state index is 5.12. The molecule has 0 heterocycles. The van der Waals surface area contributed by atoms with Gasteiger partial charge in [0.1, 0.15) is 0 Å². The zero-order valence-electron chi connectivity index (χ0n) is 7.49. The third-order valence-electron chi connectivity index (χ3n) is 1.71. The van der Waals surface area contributed by atoms with E-state index in [1.165, 1.54) is 0 Å². The van der Waals surface area contributed by atoms with Crippen LogP contribution in [0.5, 0.6) is 0 Å². The summed E-state index contributed by atoms with van der Waals surface area (Å²) in [7, 11) is 3.27. The average Bonchev–Trinajstić information content (AvgIpc) is 2.35. The van der Waals surface area contributed by atoms with E-state index in [1.807, 2.05) is 18.2 Å². The molecule has 0 unspecified atom stereocenters. The van der Waals surface area contributed by atoms with Crippen molar-refractivity contribution < 1.29 is 9.47 Å². The fourth-order valence-electron chi connectivity index (χ4n) is 1.12. The topological polar surface area (TPSA) is 18.5 Å². The molecule has 0 saturated carbocycles. The van der Waals surface area contributed by atoms with Crippen molar-refractivity contribution in [3.8, 4) is 0 Å². The zero-order valence-corrected chi connectivity index (χ0v) is 7.49. The summed E-state index contributed by atoms with van der Waals surface area (Å²) in [6.07, 6.45) is 10.9. The van der Waals surface area contributed by atoms with Crippen LogP contribution in [0.4, 0.5) is 0 Å². The molecule has 0 atom stereocenters. The lowest BCUT2D eigenvalue weighted by Crippen LogP contribution is -2.14. The summed E-state index contributed by atoms with van der Waals surface area (Å²) < 4.78 is 10.2. The smallest absolute Gasteiger partial charge is 0.183 e. The molecule has 0 spiro atoms. The van der Waals surface area contributed by atoms with E-state index in [2.05, 4.69) is 12.2 Å². The largest absolute Gasteiger partial charge is 0.352 e. The van der Waals surface area contributed by atoms with Crippen molar-refractivity contribution in [2.45, 2.75) is 12.7 Å². The molecule has 2 nitrogen and oxygen atoms in total. The summed E-state index contributed by atoms with van der Waals surface area (Å²) in [5, 5.41) is 0. The van der Waals surface area contributed by atoms with Crippen molar-refractivity contribution in [1.82, 2.24) is 0 Å². The monoisotopic (exact) mass is 166 g/mol. The molecule has 0 aromatic heterocycles. The second kappa shape index (κ2) is 4.91. The van der Waals surface area contributed by atoms with Crippen LogP contribution < -0.4 is 0 Å². The minimum absolute atomic E-state index is 0.246. The van der Waals surface area contributed by atoms with Crippen LogP contribution in [0.1, 0.15) is 6.42 Å². The molecule has 12 heavy (non-hydrogen) atoms. The molecule has 0 N–H and O–H groups in total. The fraction of sp³-hybridized carbons (Fsp3) is 0.400. The molecule has 1 aliphatic carbocycles.